The Morgan fingerprint density at radius 1 is 0.792 bits per heavy atom. The fraction of sp³-hybridized carbons (Fsp3) is 0.0952. The predicted molar refractivity (Wildman–Crippen MR) is 93.2 cm³/mol. The second kappa shape index (κ2) is 6.28. The second-order valence-corrected chi connectivity index (χ2v) is 5.93. The number of aromatic amines is 1. The third-order valence-electron chi connectivity index (χ3n) is 4.30. The van der Waals surface area contributed by atoms with Gasteiger partial charge in [-0.25, -0.2) is 13.9 Å². The lowest BCUT2D eigenvalue weighted by Crippen LogP contribution is -2.38. The number of H-pyrrole nitrogens is 1. The summed E-state index contributed by atoms with van der Waals surface area (Å²) in [6.45, 7) is 0.513. The maximum atomic E-state index is 14.1. The number of aromatic nitrogens is 2. The summed E-state index contributed by atoms with van der Waals surface area (Å²) in [5.74, 6) is 0.909. The first-order chi connectivity index (χ1) is 11.8. The Kier molecular flexibility index (Phi) is 3.83. The molecule has 0 spiro atoms. The smallest absolute Gasteiger partial charge is 0.240 e. The van der Waals surface area contributed by atoms with Crippen LogP contribution in [0.1, 0.15) is 17.0 Å². The van der Waals surface area contributed by atoms with Crippen molar-refractivity contribution in [2.45, 2.75) is 13.0 Å². The molecular formula is C21H18FN2+. The summed E-state index contributed by atoms with van der Waals surface area (Å²) in [6.07, 6.45) is 0.782. The highest BCUT2D eigenvalue weighted by Crippen LogP contribution is 2.14. The van der Waals surface area contributed by atoms with Crippen molar-refractivity contribution in [1.29, 1.82) is 0 Å². The highest BCUT2D eigenvalue weighted by Gasteiger charge is 2.19. The Balaban J connectivity index is 1.80. The lowest BCUT2D eigenvalue weighted by Gasteiger charge is -2.04. The summed E-state index contributed by atoms with van der Waals surface area (Å²) in [6, 6.07) is 25.4. The van der Waals surface area contributed by atoms with Crippen LogP contribution in [-0.2, 0) is 13.0 Å². The average molecular weight is 317 g/mol. The van der Waals surface area contributed by atoms with Gasteiger partial charge in [-0.1, -0.05) is 60.7 Å². The van der Waals surface area contributed by atoms with Crippen LogP contribution in [0.2, 0.25) is 0 Å². The molecule has 0 radical (unpaired) electrons. The van der Waals surface area contributed by atoms with E-state index in [-0.39, 0.29) is 5.82 Å². The van der Waals surface area contributed by atoms with Gasteiger partial charge in [-0.2, -0.15) is 0 Å². The molecule has 0 amide bonds. The van der Waals surface area contributed by atoms with Crippen molar-refractivity contribution in [3.05, 3.63) is 102 Å². The van der Waals surface area contributed by atoms with Crippen molar-refractivity contribution in [3.8, 4) is 0 Å². The van der Waals surface area contributed by atoms with Crippen LogP contribution in [0, 0.1) is 5.82 Å². The van der Waals surface area contributed by atoms with Crippen LogP contribution in [-0.4, -0.2) is 4.98 Å². The maximum absolute atomic E-state index is 14.1. The molecule has 0 aliphatic rings. The number of halogens is 1. The molecule has 4 rings (SSSR count). The summed E-state index contributed by atoms with van der Waals surface area (Å²) in [5, 5.41) is 0. The Labute approximate surface area is 140 Å². The van der Waals surface area contributed by atoms with Gasteiger partial charge < -0.3 is 0 Å². The molecule has 2 nitrogen and oxygen atoms in total. The van der Waals surface area contributed by atoms with Gasteiger partial charge in [0.1, 0.15) is 12.4 Å². The molecule has 1 aromatic heterocycles. The van der Waals surface area contributed by atoms with E-state index in [9.17, 15) is 4.39 Å². The molecule has 0 aliphatic carbocycles. The van der Waals surface area contributed by atoms with Crippen LogP contribution >= 0.6 is 0 Å². The first-order valence-corrected chi connectivity index (χ1v) is 8.08. The number of para-hydroxylation sites is 2. The summed E-state index contributed by atoms with van der Waals surface area (Å²) in [4.78, 5) is 3.49. The molecule has 24 heavy (non-hydrogen) atoms. The van der Waals surface area contributed by atoms with Gasteiger partial charge in [0.25, 0.3) is 5.82 Å². The van der Waals surface area contributed by atoms with Gasteiger partial charge in [-0.3, -0.25) is 0 Å². The molecule has 0 atom stereocenters. The molecule has 0 bridgehead atoms. The first kappa shape index (κ1) is 14.6. The van der Waals surface area contributed by atoms with Crippen LogP contribution in [0.15, 0.2) is 78.9 Å². The van der Waals surface area contributed by atoms with Crippen LogP contribution in [0.25, 0.3) is 11.0 Å². The minimum atomic E-state index is -0.166. The van der Waals surface area contributed by atoms with Crippen molar-refractivity contribution in [1.82, 2.24) is 4.98 Å². The molecule has 3 aromatic carbocycles. The van der Waals surface area contributed by atoms with Crippen molar-refractivity contribution in [2.24, 2.45) is 0 Å². The van der Waals surface area contributed by atoms with Gasteiger partial charge in [0.2, 0.25) is 0 Å². The summed E-state index contributed by atoms with van der Waals surface area (Å²) < 4.78 is 16.3. The van der Waals surface area contributed by atoms with E-state index in [1.54, 1.807) is 6.07 Å². The monoisotopic (exact) mass is 317 g/mol. The van der Waals surface area contributed by atoms with Gasteiger partial charge in [0, 0.05) is 5.56 Å². The standard InChI is InChI=1S/C21H17FN2/c22-18-11-5-4-10-17(18)15-24-20-13-7-6-12-19(20)23-21(24)14-16-8-2-1-3-9-16/h1-13H,14-15H2/p+1. The van der Waals surface area contributed by atoms with E-state index < -0.39 is 0 Å². The lowest BCUT2D eigenvalue weighted by molar-refractivity contribution is -0.669. The molecular weight excluding hydrogens is 299 g/mol. The normalized spacial score (nSPS) is 11.0. The Morgan fingerprint density at radius 2 is 1.50 bits per heavy atom. The molecule has 0 saturated heterocycles. The zero-order valence-corrected chi connectivity index (χ0v) is 13.2. The fourth-order valence-electron chi connectivity index (χ4n) is 3.09. The van der Waals surface area contributed by atoms with Gasteiger partial charge in [-0.15, -0.1) is 0 Å². The van der Waals surface area contributed by atoms with E-state index in [0.29, 0.717) is 12.1 Å². The number of benzene rings is 3. The third kappa shape index (κ3) is 2.81. The van der Waals surface area contributed by atoms with Crippen molar-refractivity contribution in [2.75, 3.05) is 0 Å². The van der Waals surface area contributed by atoms with Crippen LogP contribution in [0.5, 0.6) is 0 Å². The third-order valence-corrected chi connectivity index (χ3v) is 4.30. The molecule has 4 aromatic rings. The maximum Gasteiger partial charge on any atom is 0.259 e. The summed E-state index contributed by atoms with van der Waals surface area (Å²) in [5.41, 5.74) is 4.08. The number of imidazole rings is 1. The highest BCUT2D eigenvalue weighted by molar-refractivity contribution is 5.71. The molecule has 0 saturated carbocycles. The SMILES string of the molecule is Fc1ccccc1C[n+]1c(Cc2ccccc2)[nH]c2ccccc21. The van der Waals surface area contributed by atoms with Crippen LogP contribution in [0.4, 0.5) is 4.39 Å². The zero-order chi connectivity index (χ0) is 16.4. The van der Waals surface area contributed by atoms with E-state index in [1.165, 1.54) is 11.6 Å². The van der Waals surface area contributed by atoms with E-state index in [2.05, 4.69) is 33.8 Å². The van der Waals surface area contributed by atoms with Gasteiger partial charge >= 0.3 is 0 Å². The molecule has 1 N–H and O–H groups in total. The quantitative estimate of drug-likeness (QED) is 0.543. The average Bonchev–Trinajstić information content (AvgIpc) is 2.95. The van der Waals surface area contributed by atoms with Gasteiger partial charge in [0.05, 0.1) is 6.42 Å². The molecule has 0 fully saturated rings. The van der Waals surface area contributed by atoms with Gasteiger partial charge in [-0.05, 0) is 23.8 Å². The second-order valence-electron chi connectivity index (χ2n) is 5.93. The van der Waals surface area contributed by atoms with E-state index >= 15 is 0 Å². The number of nitrogens with zero attached hydrogens (tertiary/aromatic N) is 1. The van der Waals surface area contributed by atoms with Crippen molar-refractivity contribution in [3.63, 3.8) is 0 Å². The number of rotatable bonds is 4. The molecule has 3 heteroatoms. The van der Waals surface area contributed by atoms with Crippen LogP contribution < -0.4 is 4.57 Å². The Morgan fingerprint density at radius 3 is 2.33 bits per heavy atom. The number of nitrogens with one attached hydrogen (secondary N) is 1. The molecule has 0 unspecified atom stereocenters. The van der Waals surface area contributed by atoms with E-state index in [4.69, 9.17) is 0 Å². The van der Waals surface area contributed by atoms with Gasteiger partial charge in [0.15, 0.2) is 11.0 Å². The molecule has 118 valence electrons. The fourth-order valence-corrected chi connectivity index (χ4v) is 3.09. The highest BCUT2D eigenvalue weighted by atomic mass is 19.1. The first-order valence-electron chi connectivity index (χ1n) is 8.08. The number of hydrogen-bond acceptors (Lipinski definition) is 0. The minimum absolute atomic E-state index is 0.166. The number of fused-ring (bicyclic) bond motifs is 1. The predicted octanol–water partition coefficient (Wildman–Crippen LogP) is 4.23. The van der Waals surface area contributed by atoms with Crippen molar-refractivity contribution < 1.29 is 8.96 Å². The Hall–Kier alpha value is -2.94. The topological polar surface area (TPSA) is 19.7 Å². The van der Waals surface area contributed by atoms with Crippen molar-refractivity contribution >= 4 is 11.0 Å². The minimum Gasteiger partial charge on any atom is -0.240 e. The Bertz CT molecular complexity index is 973. The number of hydrogen-bond donors (Lipinski definition) is 1. The molecule has 1 heterocycles. The summed E-state index contributed by atoms with van der Waals surface area (Å²) in [7, 11) is 0. The van der Waals surface area contributed by atoms with Crippen LogP contribution in [0.3, 0.4) is 0 Å². The zero-order valence-electron chi connectivity index (χ0n) is 13.2. The summed E-state index contributed by atoms with van der Waals surface area (Å²) >= 11 is 0. The van der Waals surface area contributed by atoms with E-state index in [0.717, 1.165) is 23.3 Å². The lowest BCUT2D eigenvalue weighted by atomic mass is 10.1. The largest absolute Gasteiger partial charge is 0.259 e. The van der Waals surface area contributed by atoms with E-state index in [1.807, 2.05) is 42.5 Å². The molecule has 0 aliphatic heterocycles.